The molecular formula is C16H30O4. The lowest BCUT2D eigenvalue weighted by atomic mass is 9.81. The van der Waals surface area contributed by atoms with Crippen molar-refractivity contribution in [2.45, 2.75) is 66.7 Å². The summed E-state index contributed by atoms with van der Waals surface area (Å²) in [4.78, 5) is 23.0. The van der Waals surface area contributed by atoms with Gasteiger partial charge in [-0.25, -0.2) is 0 Å². The summed E-state index contributed by atoms with van der Waals surface area (Å²) in [5.41, 5.74) is -0.245. The normalized spacial score (nSPS) is 13.9. The van der Waals surface area contributed by atoms with Gasteiger partial charge in [-0.05, 0) is 12.8 Å². The van der Waals surface area contributed by atoms with E-state index in [1.807, 2.05) is 13.8 Å². The van der Waals surface area contributed by atoms with Crippen molar-refractivity contribution in [3.05, 3.63) is 0 Å². The van der Waals surface area contributed by atoms with Crippen molar-refractivity contribution in [2.24, 2.45) is 11.3 Å². The Balaban J connectivity index is 4.65. The van der Waals surface area contributed by atoms with Crippen molar-refractivity contribution in [1.82, 2.24) is 0 Å². The molecule has 0 saturated heterocycles. The molecule has 20 heavy (non-hydrogen) atoms. The van der Waals surface area contributed by atoms with E-state index in [-0.39, 0.29) is 23.3 Å². The van der Waals surface area contributed by atoms with Gasteiger partial charge in [0.2, 0.25) is 0 Å². The van der Waals surface area contributed by atoms with Gasteiger partial charge in [-0.2, -0.15) is 0 Å². The average molecular weight is 286 g/mol. The van der Waals surface area contributed by atoms with E-state index in [1.54, 1.807) is 6.92 Å². The van der Waals surface area contributed by atoms with E-state index < -0.39 is 0 Å². The summed E-state index contributed by atoms with van der Waals surface area (Å²) >= 11 is 0. The zero-order chi connectivity index (χ0) is 15.6. The van der Waals surface area contributed by atoms with E-state index in [2.05, 4.69) is 13.8 Å². The van der Waals surface area contributed by atoms with Gasteiger partial charge in [0.1, 0.15) is 13.2 Å². The van der Waals surface area contributed by atoms with Gasteiger partial charge in [0.15, 0.2) is 0 Å². The molecule has 0 aromatic heterocycles. The molecule has 0 aromatic carbocycles. The van der Waals surface area contributed by atoms with Crippen LogP contribution in [-0.4, -0.2) is 25.2 Å². The van der Waals surface area contributed by atoms with Crippen LogP contribution in [0.5, 0.6) is 0 Å². The molecule has 0 radical (unpaired) electrons. The predicted molar refractivity (Wildman–Crippen MR) is 79.3 cm³/mol. The summed E-state index contributed by atoms with van der Waals surface area (Å²) in [5, 5.41) is 0. The fourth-order valence-electron chi connectivity index (χ4n) is 1.85. The van der Waals surface area contributed by atoms with Gasteiger partial charge >= 0.3 is 11.9 Å². The first-order chi connectivity index (χ1) is 9.40. The van der Waals surface area contributed by atoms with Crippen molar-refractivity contribution in [2.75, 3.05) is 13.2 Å². The minimum Gasteiger partial charge on any atom is -0.465 e. The molecule has 0 heterocycles. The van der Waals surface area contributed by atoms with E-state index in [1.165, 1.54) is 0 Å². The van der Waals surface area contributed by atoms with Crippen molar-refractivity contribution in [3.8, 4) is 0 Å². The topological polar surface area (TPSA) is 52.6 Å². The van der Waals surface area contributed by atoms with Crippen molar-refractivity contribution >= 4 is 11.9 Å². The maximum atomic E-state index is 11.6. The Morgan fingerprint density at radius 3 is 2.10 bits per heavy atom. The highest BCUT2D eigenvalue weighted by Crippen LogP contribution is 2.30. The minimum atomic E-state index is -0.245. The van der Waals surface area contributed by atoms with Crippen LogP contribution in [0.3, 0.4) is 0 Å². The van der Waals surface area contributed by atoms with Gasteiger partial charge in [0.05, 0.1) is 5.92 Å². The van der Waals surface area contributed by atoms with Crippen LogP contribution < -0.4 is 0 Å². The molecule has 0 aromatic rings. The average Bonchev–Trinajstić information content (AvgIpc) is 2.46. The maximum absolute atomic E-state index is 11.6. The molecule has 0 aliphatic carbocycles. The van der Waals surface area contributed by atoms with E-state index in [0.717, 1.165) is 25.7 Å². The van der Waals surface area contributed by atoms with Gasteiger partial charge in [-0.15, -0.1) is 0 Å². The van der Waals surface area contributed by atoms with Gasteiger partial charge in [0, 0.05) is 11.8 Å². The molecule has 118 valence electrons. The first-order valence-corrected chi connectivity index (χ1v) is 7.73. The van der Waals surface area contributed by atoms with Crippen LogP contribution in [0.4, 0.5) is 0 Å². The Morgan fingerprint density at radius 1 is 1.05 bits per heavy atom. The summed E-state index contributed by atoms with van der Waals surface area (Å²) in [6.45, 7) is 10.3. The summed E-state index contributed by atoms with van der Waals surface area (Å²) in [7, 11) is 0. The van der Waals surface area contributed by atoms with Crippen LogP contribution in [0.15, 0.2) is 0 Å². The second-order valence-corrected chi connectivity index (χ2v) is 5.73. The number of ether oxygens (including phenoxy) is 2. The van der Waals surface area contributed by atoms with Gasteiger partial charge in [-0.1, -0.05) is 47.5 Å². The summed E-state index contributed by atoms with van der Waals surface area (Å²) in [6.07, 6.45) is 4.22. The van der Waals surface area contributed by atoms with Gasteiger partial charge in [-0.3, -0.25) is 9.59 Å². The third kappa shape index (κ3) is 6.92. The lowest BCUT2D eigenvalue weighted by Gasteiger charge is -2.32. The molecule has 0 saturated carbocycles. The Hall–Kier alpha value is -1.06. The summed E-state index contributed by atoms with van der Waals surface area (Å²) in [5.74, 6) is -0.524. The van der Waals surface area contributed by atoms with Crippen molar-refractivity contribution in [3.63, 3.8) is 0 Å². The highest BCUT2D eigenvalue weighted by Gasteiger charge is 2.31. The standard InChI is InChI=1S/C16H30O4/c1-6-9-10-16(8-3,11-19-14(17)7-2)12-20-15(18)13(4)5/h13H,6-12H2,1-5H3. The van der Waals surface area contributed by atoms with Gasteiger partial charge in [0.25, 0.3) is 0 Å². The number of carbonyl (C=O) groups excluding carboxylic acids is 2. The maximum Gasteiger partial charge on any atom is 0.308 e. The highest BCUT2D eigenvalue weighted by molar-refractivity contribution is 5.71. The second-order valence-electron chi connectivity index (χ2n) is 5.73. The second kappa shape index (κ2) is 9.78. The minimum absolute atomic E-state index is 0.131. The number of rotatable bonds is 10. The molecule has 4 nitrogen and oxygen atoms in total. The Kier molecular flexibility index (Phi) is 9.26. The van der Waals surface area contributed by atoms with Crippen molar-refractivity contribution < 1.29 is 19.1 Å². The number of esters is 2. The molecule has 0 aliphatic rings. The molecule has 1 unspecified atom stereocenters. The van der Waals surface area contributed by atoms with Crippen LogP contribution in [0.2, 0.25) is 0 Å². The molecule has 4 heteroatoms. The molecule has 0 fully saturated rings. The molecule has 1 atom stereocenters. The largest absolute Gasteiger partial charge is 0.465 e. The third-order valence-electron chi connectivity index (χ3n) is 3.63. The van der Waals surface area contributed by atoms with E-state index in [0.29, 0.717) is 19.6 Å². The van der Waals surface area contributed by atoms with Gasteiger partial charge < -0.3 is 9.47 Å². The zero-order valence-electron chi connectivity index (χ0n) is 13.7. The highest BCUT2D eigenvalue weighted by atomic mass is 16.5. The van der Waals surface area contributed by atoms with Crippen LogP contribution in [0.1, 0.15) is 66.7 Å². The zero-order valence-corrected chi connectivity index (χ0v) is 13.7. The SMILES string of the molecule is CCCCC(CC)(COC(=O)CC)COC(=O)C(C)C. The lowest BCUT2D eigenvalue weighted by Crippen LogP contribution is -2.34. The van der Waals surface area contributed by atoms with Crippen LogP contribution in [0.25, 0.3) is 0 Å². The Labute approximate surface area is 123 Å². The first-order valence-electron chi connectivity index (χ1n) is 7.73. The molecule has 0 rings (SSSR count). The number of carbonyl (C=O) groups is 2. The molecular weight excluding hydrogens is 256 g/mol. The van der Waals surface area contributed by atoms with E-state index in [4.69, 9.17) is 9.47 Å². The quantitative estimate of drug-likeness (QED) is 0.574. The molecule has 0 N–H and O–H groups in total. The summed E-state index contributed by atoms with van der Waals surface area (Å²) < 4.78 is 10.7. The summed E-state index contributed by atoms with van der Waals surface area (Å²) in [6, 6.07) is 0. The molecule has 0 spiro atoms. The molecule has 0 amide bonds. The molecule has 0 bridgehead atoms. The van der Waals surface area contributed by atoms with Crippen LogP contribution >= 0.6 is 0 Å². The van der Waals surface area contributed by atoms with E-state index in [9.17, 15) is 9.59 Å². The first kappa shape index (κ1) is 18.9. The monoisotopic (exact) mass is 286 g/mol. The number of hydrogen-bond donors (Lipinski definition) is 0. The van der Waals surface area contributed by atoms with E-state index >= 15 is 0 Å². The third-order valence-corrected chi connectivity index (χ3v) is 3.63. The Bertz CT molecular complexity index is 299. The van der Waals surface area contributed by atoms with Crippen LogP contribution in [-0.2, 0) is 19.1 Å². The fraction of sp³-hybridized carbons (Fsp3) is 0.875. The van der Waals surface area contributed by atoms with Crippen LogP contribution in [0, 0.1) is 11.3 Å². The number of hydrogen-bond acceptors (Lipinski definition) is 4. The lowest BCUT2D eigenvalue weighted by molar-refractivity contribution is -0.157. The van der Waals surface area contributed by atoms with Crippen molar-refractivity contribution in [1.29, 1.82) is 0 Å². The Morgan fingerprint density at radius 2 is 1.65 bits per heavy atom. The predicted octanol–water partition coefficient (Wildman–Crippen LogP) is 3.73. The fourth-order valence-corrected chi connectivity index (χ4v) is 1.85. The number of unbranched alkanes of at least 4 members (excludes halogenated alkanes) is 1. The molecule has 0 aliphatic heterocycles. The smallest absolute Gasteiger partial charge is 0.308 e.